The molecule has 4 aromatic rings. The van der Waals surface area contributed by atoms with E-state index in [0.29, 0.717) is 51.1 Å². The van der Waals surface area contributed by atoms with Crippen LogP contribution in [0.25, 0.3) is 10.9 Å². The first-order valence-corrected chi connectivity index (χ1v) is 12.4. The Morgan fingerprint density at radius 1 is 0.700 bits per heavy atom. The highest BCUT2D eigenvalue weighted by Crippen LogP contribution is 2.39. The predicted molar refractivity (Wildman–Crippen MR) is 150 cm³/mol. The second-order valence-corrected chi connectivity index (χ2v) is 8.84. The number of carbonyl (C=O) groups is 1. The van der Waals surface area contributed by atoms with Gasteiger partial charge in [0.15, 0.2) is 23.0 Å². The standard InChI is InChI=1S/C30H32N2O8/c1-35-22-9-7-18(8-10-22)16-32(30(34)20-13-26(38-4)28(40-6)27(14-20)39-5)17-21-11-19-12-24(36-2)25(37-3)15-23(19)31-29(21)33/h7-15H,16-17H2,1-6H3,(H,31,33). The number of rotatable bonds is 11. The normalized spacial score (nSPS) is 10.7. The van der Waals surface area contributed by atoms with Crippen molar-refractivity contribution in [1.29, 1.82) is 0 Å². The van der Waals surface area contributed by atoms with Gasteiger partial charge in [-0.05, 0) is 42.0 Å². The molecular formula is C30H32N2O8. The molecule has 1 amide bonds. The Labute approximate surface area is 231 Å². The number of benzene rings is 3. The topological polar surface area (TPSA) is 109 Å². The molecule has 4 rings (SSSR count). The van der Waals surface area contributed by atoms with Crippen molar-refractivity contribution in [2.75, 3.05) is 42.7 Å². The zero-order valence-electron chi connectivity index (χ0n) is 23.3. The summed E-state index contributed by atoms with van der Waals surface area (Å²) in [4.78, 5) is 31.6. The van der Waals surface area contributed by atoms with Gasteiger partial charge in [0.25, 0.3) is 11.5 Å². The van der Waals surface area contributed by atoms with Crippen LogP contribution in [0.5, 0.6) is 34.5 Å². The van der Waals surface area contributed by atoms with Crippen LogP contribution in [0.3, 0.4) is 0 Å². The number of H-pyrrole nitrogens is 1. The number of hydrogen-bond acceptors (Lipinski definition) is 8. The minimum Gasteiger partial charge on any atom is -0.497 e. The lowest BCUT2D eigenvalue weighted by molar-refractivity contribution is 0.0728. The summed E-state index contributed by atoms with van der Waals surface area (Å²) in [5.74, 6) is 2.45. The highest BCUT2D eigenvalue weighted by molar-refractivity contribution is 5.95. The lowest BCUT2D eigenvalue weighted by Gasteiger charge is -2.24. The molecule has 0 saturated carbocycles. The molecule has 0 spiro atoms. The average Bonchev–Trinajstić information content (AvgIpc) is 2.99. The van der Waals surface area contributed by atoms with Crippen LogP contribution < -0.4 is 34.0 Å². The molecule has 10 nitrogen and oxygen atoms in total. The van der Waals surface area contributed by atoms with E-state index in [9.17, 15) is 9.59 Å². The van der Waals surface area contributed by atoms with Gasteiger partial charge in [0, 0.05) is 29.1 Å². The Morgan fingerprint density at radius 3 is 1.85 bits per heavy atom. The summed E-state index contributed by atoms with van der Waals surface area (Å²) in [7, 11) is 9.13. The number of amides is 1. The Balaban J connectivity index is 1.78. The lowest BCUT2D eigenvalue weighted by Crippen LogP contribution is -2.32. The smallest absolute Gasteiger partial charge is 0.254 e. The van der Waals surface area contributed by atoms with Crippen LogP contribution in [-0.2, 0) is 13.1 Å². The Hall–Kier alpha value is -4.86. The molecule has 3 aromatic carbocycles. The van der Waals surface area contributed by atoms with Crippen LogP contribution in [-0.4, -0.2) is 58.4 Å². The number of pyridine rings is 1. The predicted octanol–water partition coefficient (Wildman–Crippen LogP) is 4.42. The average molecular weight is 549 g/mol. The third-order valence-electron chi connectivity index (χ3n) is 6.52. The van der Waals surface area contributed by atoms with Crippen molar-refractivity contribution in [3.05, 3.63) is 81.6 Å². The summed E-state index contributed by atoms with van der Waals surface area (Å²) in [6, 6.07) is 15.8. The van der Waals surface area contributed by atoms with Gasteiger partial charge in [0.05, 0.1) is 54.7 Å². The van der Waals surface area contributed by atoms with Gasteiger partial charge in [-0.1, -0.05) is 12.1 Å². The molecule has 40 heavy (non-hydrogen) atoms. The fraction of sp³-hybridized carbons (Fsp3) is 0.267. The van der Waals surface area contributed by atoms with Gasteiger partial charge in [-0.2, -0.15) is 0 Å². The van der Waals surface area contributed by atoms with Crippen molar-refractivity contribution in [3.63, 3.8) is 0 Å². The summed E-state index contributed by atoms with van der Waals surface area (Å²) in [5.41, 5.74) is 1.83. The van der Waals surface area contributed by atoms with Gasteiger partial charge in [0.1, 0.15) is 5.75 Å². The largest absolute Gasteiger partial charge is 0.497 e. The van der Waals surface area contributed by atoms with Crippen molar-refractivity contribution in [1.82, 2.24) is 9.88 Å². The van der Waals surface area contributed by atoms with Gasteiger partial charge in [0.2, 0.25) is 5.75 Å². The van der Waals surface area contributed by atoms with Crippen LogP contribution in [0.15, 0.2) is 59.4 Å². The van der Waals surface area contributed by atoms with E-state index >= 15 is 0 Å². The summed E-state index contributed by atoms with van der Waals surface area (Å²) >= 11 is 0. The minimum absolute atomic E-state index is 0.0289. The number of hydrogen-bond donors (Lipinski definition) is 1. The second kappa shape index (κ2) is 12.3. The van der Waals surface area contributed by atoms with Gasteiger partial charge in [-0.25, -0.2) is 0 Å². The van der Waals surface area contributed by atoms with E-state index in [0.717, 1.165) is 10.9 Å². The maximum absolute atomic E-state index is 14.0. The number of nitrogens with one attached hydrogen (secondary N) is 1. The van der Waals surface area contributed by atoms with E-state index in [2.05, 4.69) is 4.98 Å². The van der Waals surface area contributed by atoms with Crippen molar-refractivity contribution >= 4 is 16.8 Å². The maximum Gasteiger partial charge on any atom is 0.254 e. The molecule has 0 bridgehead atoms. The van der Waals surface area contributed by atoms with E-state index in [4.69, 9.17) is 28.4 Å². The summed E-state index contributed by atoms with van der Waals surface area (Å²) < 4.78 is 32.4. The van der Waals surface area contributed by atoms with E-state index in [1.807, 2.05) is 24.3 Å². The lowest BCUT2D eigenvalue weighted by atomic mass is 10.1. The van der Waals surface area contributed by atoms with E-state index < -0.39 is 0 Å². The fourth-order valence-corrected chi connectivity index (χ4v) is 4.44. The number of fused-ring (bicyclic) bond motifs is 1. The van der Waals surface area contributed by atoms with Crippen LogP contribution in [0, 0.1) is 0 Å². The minimum atomic E-state index is -0.332. The van der Waals surface area contributed by atoms with Gasteiger partial charge in [-0.15, -0.1) is 0 Å². The molecule has 1 N–H and O–H groups in total. The molecule has 1 aromatic heterocycles. The van der Waals surface area contributed by atoms with E-state index in [1.165, 1.54) is 28.4 Å². The van der Waals surface area contributed by atoms with Gasteiger partial charge < -0.3 is 38.3 Å². The molecule has 0 aliphatic heterocycles. The second-order valence-electron chi connectivity index (χ2n) is 8.84. The first-order valence-electron chi connectivity index (χ1n) is 12.4. The molecule has 1 heterocycles. The molecule has 0 aliphatic rings. The van der Waals surface area contributed by atoms with Crippen LogP contribution in [0.4, 0.5) is 0 Å². The highest BCUT2D eigenvalue weighted by Gasteiger charge is 2.23. The van der Waals surface area contributed by atoms with Crippen molar-refractivity contribution in [2.24, 2.45) is 0 Å². The molecule has 0 unspecified atom stereocenters. The third kappa shape index (κ3) is 5.75. The van der Waals surface area contributed by atoms with Crippen molar-refractivity contribution in [2.45, 2.75) is 13.1 Å². The molecule has 0 fully saturated rings. The number of methoxy groups -OCH3 is 6. The van der Waals surface area contributed by atoms with Crippen molar-refractivity contribution < 1.29 is 33.2 Å². The molecular weight excluding hydrogens is 516 g/mol. The summed E-state index contributed by atoms with van der Waals surface area (Å²) in [6.45, 7) is 0.254. The number of aromatic nitrogens is 1. The first kappa shape index (κ1) is 28.2. The maximum atomic E-state index is 14.0. The third-order valence-corrected chi connectivity index (χ3v) is 6.52. The zero-order chi connectivity index (χ0) is 28.8. The van der Waals surface area contributed by atoms with Gasteiger partial charge in [-0.3, -0.25) is 9.59 Å². The fourth-order valence-electron chi connectivity index (χ4n) is 4.44. The number of nitrogens with zero attached hydrogens (tertiary/aromatic N) is 1. The summed E-state index contributed by atoms with van der Waals surface area (Å²) in [5, 5.41) is 0.733. The van der Waals surface area contributed by atoms with Crippen LogP contribution in [0.1, 0.15) is 21.5 Å². The molecule has 0 aliphatic carbocycles. The molecule has 0 atom stereocenters. The Kier molecular flexibility index (Phi) is 8.68. The summed E-state index contributed by atoms with van der Waals surface area (Å²) in [6.07, 6.45) is 0. The number of ether oxygens (including phenoxy) is 6. The van der Waals surface area contributed by atoms with Crippen LogP contribution >= 0.6 is 0 Å². The molecule has 0 saturated heterocycles. The first-order chi connectivity index (χ1) is 19.3. The monoisotopic (exact) mass is 548 g/mol. The Bertz CT molecular complexity index is 1540. The molecule has 210 valence electrons. The van der Waals surface area contributed by atoms with Crippen molar-refractivity contribution in [3.8, 4) is 34.5 Å². The van der Waals surface area contributed by atoms with E-state index in [1.54, 1.807) is 49.5 Å². The van der Waals surface area contributed by atoms with Gasteiger partial charge >= 0.3 is 0 Å². The van der Waals surface area contributed by atoms with Crippen LogP contribution in [0.2, 0.25) is 0 Å². The van der Waals surface area contributed by atoms with E-state index in [-0.39, 0.29) is 24.6 Å². The molecule has 10 heteroatoms. The number of aromatic amines is 1. The highest BCUT2D eigenvalue weighted by atomic mass is 16.5. The number of carbonyl (C=O) groups excluding carboxylic acids is 1. The molecule has 0 radical (unpaired) electrons. The Morgan fingerprint density at radius 2 is 1.30 bits per heavy atom. The quantitative estimate of drug-likeness (QED) is 0.293. The SMILES string of the molecule is COc1ccc(CN(Cc2cc3cc(OC)c(OC)cc3[nH]c2=O)C(=O)c2cc(OC)c(OC)c(OC)c2)cc1. The zero-order valence-corrected chi connectivity index (χ0v) is 23.3.